The Bertz CT molecular complexity index is 631. The fourth-order valence-corrected chi connectivity index (χ4v) is 2.46. The molecule has 1 amide bonds. The first-order valence-corrected chi connectivity index (χ1v) is 9.65. The number of anilines is 1. The third-order valence-electron chi connectivity index (χ3n) is 4.57. The van der Waals surface area contributed by atoms with Gasteiger partial charge in [0.25, 0.3) is 5.91 Å². The van der Waals surface area contributed by atoms with Gasteiger partial charge in [-0.05, 0) is 51.8 Å². The number of esters is 1. The first-order valence-electron chi connectivity index (χ1n) is 9.65. The van der Waals surface area contributed by atoms with E-state index in [4.69, 9.17) is 14.2 Å². The number of benzene rings is 1. The monoisotopic (exact) mass is 379 g/mol. The maximum Gasteiger partial charge on any atom is 0.341 e. The molecule has 1 aromatic carbocycles. The van der Waals surface area contributed by atoms with Gasteiger partial charge in [-0.15, -0.1) is 0 Å². The van der Waals surface area contributed by atoms with E-state index in [1.54, 1.807) is 32.0 Å². The molecule has 2 atom stereocenters. The lowest BCUT2D eigenvalue weighted by atomic mass is 9.97. The van der Waals surface area contributed by atoms with E-state index < -0.39 is 11.6 Å². The molecule has 0 aromatic heterocycles. The first-order chi connectivity index (χ1) is 12.8. The number of amides is 1. The number of hydrogen-bond acceptors (Lipinski definition) is 5. The quantitative estimate of drug-likeness (QED) is 0.570. The highest BCUT2D eigenvalue weighted by atomic mass is 16.5. The van der Waals surface area contributed by atoms with Crippen LogP contribution in [0.3, 0.4) is 0 Å². The first kappa shape index (κ1) is 23.0. The van der Waals surface area contributed by atoms with Crippen LogP contribution in [0.4, 0.5) is 5.69 Å². The van der Waals surface area contributed by atoms with Crippen molar-refractivity contribution in [3.05, 3.63) is 23.8 Å². The largest absolute Gasteiger partial charge is 0.490 e. The molecular weight excluding hydrogens is 346 g/mol. The van der Waals surface area contributed by atoms with Gasteiger partial charge in [0.15, 0.2) is 0 Å². The van der Waals surface area contributed by atoms with Crippen molar-refractivity contribution in [1.29, 1.82) is 0 Å². The van der Waals surface area contributed by atoms with Gasteiger partial charge in [-0.3, -0.25) is 4.79 Å². The van der Waals surface area contributed by atoms with Crippen molar-refractivity contribution in [2.45, 2.75) is 72.0 Å². The SMILES string of the molecule is CCCC[C@@](C)(OC)C(=O)Nc1ccc(O[C@H](C)CC)c(C(=O)OCC)c1. The van der Waals surface area contributed by atoms with Crippen molar-refractivity contribution >= 4 is 17.6 Å². The highest BCUT2D eigenvalue weighted by Crippen LogP contribution is 2.27. The zero-order chi connectivity index (χ0) is 20.4. The van der Waals surface area contributed by atoms with Crippen LogP contribution in [0.15, 0.2) is 18.2 Å². The molecular formula is C21H33NO5. The fraction of sp³-hybridized carbons (Fsp3) is 0.619. The van der Waals surface area contributed by atoms with E-state index in [1.165, 1.54) is 7.11 Å². The maximum atomic E-state index is 12.7. The van der Waals surface area contributed by atoms with Gasteiger partial charge in [0.1, 0.15) is 16.9 Å². The summed E-state index contributed by atoms with van der Waals surface area (Å²) in [6.07, 6.45) is 3.24. The second-order valence-corrected chi connectivity index (χ2v) is 6.76. The van der Waals surface area contributed by atoms with Crippen molar-refractivity contribution in [3.63, 3.8) is 0 Å². The predicted octanol–water partition coefficient (Wildman–Crippen LogP) is 4.57. The van der Waals surface area contributed by atoms with E-state index in [0.717, 1.165) is 19.3 Å². The van der Waals surface area contributed by atoms with Gasteiger partial charge in [0.2, 0.25) is 0 Å². The maximum absolute atomic E-state index is 12.7. The molecule has 0 aliphatic carbocycles. The summed E-state index contributed by atoms with van der Waals surface area (Å²) in [6, 6.07) is 4.99. The summed E-state index contributed by atoms with van der Waals surface area (Å²) in [5.41, 5.74) is -0.131. The van der Waals surface area contributed by atoms with Crippen molar-refractivity contribution in [3.8, 4) is 5.75 Å². The average Bonchev–Trinajstić information content (AvgIpc) is 2.67. The van der Waals surface area contributed by atoms with E-state index in [0.29, 0.717) is 23.4 Å². The molecule has 0 heterocycles. The normalized spacial score (nSPS) is 14.1. The van der Waals surface area contributed by atoms with Gasteiger partial charge >= 0.3 is 5.97 Å². The second kappa shape index (κ2) is 10.9. The number of rotatable bonds is 11. The Kier molecular flexibility index (Phi) is 9.29. The van der Waals surface area contributed by atoms with Gasteiger partial charge in [0.05, 0.1) is 12.7 Å². The Balaban J connectivity index is 3.09. The van der Waals surface area contributed by atoms with Gasteiger partial charge in [-0.2, -0.15) is 0 Å². The van der Waals surface area contributed by atoms with Gasteiger partial charge in [0, 0.05) is 12.8 Å². The lowest BCUT2D eigenvalue weighted by Gasteiger charge is -2.27. The molecule has 6 nitrogen and oxygen atoms in total. The molecule has 0 unspecified atom stereocenters. The zero-order valence-corrected chi connectivity index (χ0v) is 17.4. The van der Waals surface area contributed by atoms with Crippen molar-refractivity contribution in [1.82, 2.24) is 0 Å². The summed E-state index contributed by atoms with van der Waals surface area (Å²) in [7, 11) is 1.53. The molecule has 0 aliphatic rings. The average molecular weight is 379 g/mol. The summed E-state index contributed by atoms with van der Waals surface area (Å²) in [5, 5.41) is 2.85. The second-order valence-electron chi connectivity index (χ2n) is 6.76. The highest BCUT2D eigenvalue weighted by Gasteiger charge is 2.32. The van der Waals surface area contributed by atoms with E-state index in [-0.39, 0.29) is 18.6 Å². The number of carbonyl (C=O) groups is 2. The molecule has 0 radical (unpaired) electrons. The predicted molar refractivity (Wildman–Crippen MR) is 106 cm³/mol. The smallest absolute Gasteiger partial charge is 0.341 e. The van der Waals surface area contributed by atoms with E-state index in [9.17, 15) is 9.59 Å². The van der Waals surface area contributed by atoms with Crippen molar-refractivity contribution in [2.75, 3.05) is 19.0 Å². The van der Waals surface area contributed by atoms with Crippen LogP contribution in [0.1, 0.15) is 70.7 Å². The molecule has 0 fully saturated rings. The minimum atomic E-state index is -0.925. The Morgan fingerprint density at radius 3 is 2.48 bits per heavy atom. The molecule has 1 aromatic rings. The van der Waals surface area contributed by atoms with E-state index >= 15 is 0 Å². The third-order valence-corrected chi connectivity index (χ3v) is 4.57. The number of ether oxygens (including phenoxy) is 3. The number of nitrogens with one attached hydrogen (secondary N) is 1. The molecule has 0 bridgehead atoms. The van der Waals surface area contributed by atoms with Crippen LogP contribution in [0.25, 0.3) is 0 Å². The molecule has 0 aliphatic heterocycles. The van der Waals surface area contributed by atoms with E-state index in [2.05, 4.69) is 12.2 Å². The van der Waals surface area contributed by atoms with Crippen molar-refractivity contribution < 1.29 is 23.8 Å². The van der Waals surface area contributed by atoms with Crippen LogP contribution >= 0.6 is 0 Å². The molecule has 0 saturated carbocycles. The number of methoxy groups -OCH3 is 1. The van der Waals surface area contributed by atoms with Gasteiger partial charge in [-0.25, -0.2) is 4.79 Å². The number of unbranched alkanes of at least 4 members (excludes halogenated alkanes) is 1. The Labute approximate surface area is 162 Å². The minimum Gasteiger partial charge on any atom is -0.490 e. The summed E-state index contributed by atoms with van der Waals surface area (Å²) in [5.74, 6) is -0.280. The molecule has 0 saturated heterocycles. The van der Waals surface area contributed by atoms with Gasteiger partial charge in [-0.1, -0.05) is 26.7 Å². The van der Waals surface area contributed by atoms with E-state index in [1.807, 2.05) is 13.8 Å². The number of carbonyl (C=O) groups excluding carboxylic acids is 2. The Morgan fingerprint density at radius 1 is 1.22 bits per heavy atom. The molecule has 152 valence electrons. The number of hydrogen-bond donors (Lipinski definition) is 1. The van der Waals surface area contributed by atoms with Gasteiger partial charge < -0.3 is 19.5 Å². The fourth-order valence-electron chi connectivity index (χ4n) is 2.46. The molecule has 1 rings (SSSR count). The Hall–Kier alpha value is -2.08. The van der Waals surface area contributed by atoms with Crippen LogP contribution in [0, 0.1) is 0 Å². The van der Waals surface area contributed by atoms with Crippen LogP contribution in [0.2, 0.25) is 0 Å². The van der Waals surface area contributed by atoms with Crippen LogP contribution in [-0.4, -0.2) is 37.3 Å². The Morgan fingerprint density at radius 2 is 1.93 bits per heavy atom. The topological polar surface area (TPSA) is 73.9 Å². The zero-order valence-electron chi connectivity index (χ0n) is 17.4. The molecule has 27 heavy (non-hydrogen) atoms. The van der Waals surface area contributed by atoms with Crippen LogP contribution in [-0.2, 0) is 14.3 Å². The summed E-state index contributed by atoms with van der Waals surface area (Å²) >= 11 is 0. The summed E-state index contributed by atoms with van der Waals surface area (Å²) in [6.45, 7) is 9.78. The summed E-state index contributed by atoms with van der Waals surface area (Å²) < 4.78 is 16.4. The minimum absolute atomic E-state index is 0.0376. The third kappa shape index (κ3) is 6.54. The lowest BCUT2D eigenvalue weighted by molar-refractivity contribution is -0.136. The highest BCUT2D eigenvalue weighted by molar-refractivity contribution is 5.99. The molecule has 0 spiro atoms. The summed E-state index contributed by atoms with van der Waals surface area (Å²) in [4.78, 5) is 25.0. The molecule has 1 N–H and O–H groups in total. The van der Waals surface area contributed by atoms with Crippen molar-refractivity contribution in [2.24, 2.45) is 0 Å². The lowest BCUT2D eigenvalue weighted by Crippen LogP contribution is -2.42. The van der Waals surface area contributed by atoms with Crippen LogP contribution < -0.4 is 10.1 Å². The van der Waals surface area contributed by atoms with Crippen LogP contribution in [0.5, 0.6) is 5.75 Å². The standard InChI is InChI=1S/C21H33NO5/c1-7-10-13-21(5,25-6)20(24)22-16-11-12-18(27-15(4)8-2)17(14-16)19(23)26-9-3/h11-12,14-15H,7-10,13H2,1-6H3,(H,22,24)/t15-,21-/m1/s1. The molecule has 6 heteroatoms.